The third kappa shape index (κ3) is 3.25. The zero-order chi connectivity index (χ0) is 15.4. The van der Waals surface area contributed by atoms with Crippen LogP contribution in [0, 0.1) is 12.7 Å². The van der Waals surface area contributed by atoms with Gasteiger partial charge in [0.15, 0.2) is 0 Å². The molecule has 2 amide bonds. The van der Waals surface area contributed by atoms with Gasteiger partial charge in [0.05, 0.1) is 5.69 Å². The van der Waals surface area contributed by atoms with Gasteiger partial charge in [-0.2, -0.15) is 0 Å². The number of hydrazine groups is 1. The van der Waals surface area contributed by atoms with Crippen LogP contribution in [-0.4, -0.2) is 17.0 Å². The zero-order valence-electron chi connectivity index (χ0n) is 11.6. The highest BCUT2D eigenvalue weighted by atomic mass is 19.1. The first-order valence-corrected chi connectivity index (χ1v) is 6.34. The minimum atomic E-state index is -0.546. The van der Waals surface area contributed by atoms with E-state index in [1.54, 1.807) is 6.92 Å². The maximum Gasteiger partial charge on any atom is 0.275 e. The first-order valence-electron chi connectivity index (χ1n) is 6.34. The fourth-order valence-electron chi connectivity index (χ4n) is 1.80. The van der Waals surface area contributed by atoms with Crippen molar-refractivity contribution < 1.29 is 18.5 Å². The average molecular weight is 291 g/mol. The summed E-state index contributed by atoms with van der Waals surface area (Å²) in [4.78, 5) is 23.8. The molecule has 0 saturated heterocycles. The molecule has 2 rings (SSSR count). The Labute approximate surface area is 120 Å². The van der Waals surface area contributed by atoms with E-state index in [2.05, 4.69) is 16.0 Å². The SMILES string of the molecule is CCc1noc(C)c1C(=O)NNC(=O)c1ccc(F)cc1. The van der Waals surface area contributed by atoms with Crippen molar-refractivity contribution in [3.05, 3.63) is 52.7 Å². The molecule has 1 aromatic heterocycles. The highest BCUT2D eigenvalue weighted by Gasteiger charge is 2.19. The summed E-state index contributed by atoms with van der Waals surface area (Å²) < 4.78 is 17.7. The molecular formula is C14H14FN3O3. The number of hydrogen-bond donors (Lipinski definition) is 2. The second kappa shape index (κ2) is 6.17. The molecule has 1 aromatic carbocycles. The third-order valence-electron chi connectivity index (χ3n) is 2.89. The van der Waals surface area contributed by atoms with Crippen molar-refractivity contribution in [2.75, 3.05) is 0 Å². The molecule has 0 bridgehead atoms. The number of aryl methyl sites for hydroxylation is 2. The maximum atomic E-state index is 12.8. The van der Waals surface area contributed by atoms with Gasteiger partial charge >= 0.3 is 0 Å². The van der Waals surface area contributed by atoms with Gasteiger partial charge in [0, 0.05) is 5.56 Å². The van der Waals surface area contributed by atoms with Crippen molar-refractivity contribution >= 4 is 11.8 Å². The van der Waals surface area contributed by atoms with Crippen LogP contribution in [0.3, 0.4) is 0 Å². The van der Waals surface area contributed by atoms with E-state index >= 15 is 0 Å². The minimum absolute atomic E-state index is 0.231. The summed E-state index contributed by atoms with van der Waals surface area (Å²) >= 11 is 0. The molecule has 6 nitrogen and oxygen atoms in total. The van der Waals surface area contributed by atoms with Crippen LogP contribution >= 0.6 is 0 Å². The Bertz CT molecular complexity index is 665. The lowest BCUT2D eigenvalue weighted by Gasteiger charge is -2.07. The molecule has 0 radical (unpaired) electrons. The van der Waals surface area contributed by atoms with Crippen molar-refractivity contribution in [1.82, 2.24) is 16.0 Å². The van der Waals surface area contributed by atoms with Gasteiger partial charge in [-0.25, -0.2) is 4.39 Å². The van der Waals surface area contributed by atoms with E-state index in [4.69, 9.17) is 4.52 Å². The van der Waals surface area contributed by atoms with Crippen LogP contribution < -0.4 is 10.9 Å². The Kier molecular flexibility index (Phi) is 4.32. The number of carbonyl (C=O) groups is 2. The van der Waals surface area contributed by atoms with Crippen molar-refractivity contribution in [3.8, 4) is 0 Å². The molecule has 7 heteroatoms. The van der Waals surface area contributed by atoms with E-state index in [1.807, 2.05) is 6.92 Å². The van der Waals surface area contributed by atoms with Gasteiger partial charge in [-0.05, 0) is 37.6 Å². The van der Waals surface area contributed by atoms with Crippen LogP contribution in [0.2, 0.25) is 0 Å². The summed E-state index contributed by atoms with van der Waals surface area (Å²) in [5.41, 5.74) is 5.58. The number of nitrogens with zero attached hydrogens (tertiary/aromatic N) is 1. The number of aromatic nitrogens is 1. The second-order valence-electron chi connectivity index (χ2n) is 4.33. The molecule has 0 saturated carbocycles. The topological polar surface area (TPSA) is 84.2 Å². The highest BCUT2D eigenvalue weighted by Crippen LogP contribution is 2.13. The van der Waals surface area contributed by atoms with Crippen LogP contribution in [0.15, 0.2) is 28.8 Å². The van der Waals surface area contributed by atoms with Gasteiger partial charge in [-0.1, -0.05) is 12.1 Å². The average Bonchev–Trinajstić information content (AvgIpc) is 2.86. The van der Waals surface area contributed by atoms with Crippen LogP contribution in [0.1, 0.15) is 39.1 Å². The van der Waals surface area contributed by atoms with Crippen LogP contribution in [-0.2, 0) is 6.42 Å². The summed E-state index contributed by atoms with van der Waals surface area (Å²) in [5, 5.41) is 3.76. The first-order chi connectivity index (χ1) is 10.0. The fraction of sp³-hybridized carbons (Fsp3) is 0.214. The molecule has 0 atom stereocenters. The predicted molar refractivity (Wildman–Crippen MR) is 72.0 cm³/mol. The molecule has 1 heterocycles. The molecule has 0 aliphatic heterocycles. The lowest BCUT2D eigenvalue weighted by Crippen LogP contribution is -2.42. The van der Waals surface area contributed by atoms with Crippen molar-refractivity contribution in [1.29, 1.82) is 0 Å². The quantitative estimate of drug-likeness (QED) is 0.844. The Hall–Kier alpha value is -2.70. The summed E-state index contributed by atoms with van der Waals surface area (Å²) in [6.45, 7) is 3.45. The van der Waals surface area contributed by atoms with Gasteiger partial charge in [-0.3, -0.25) is 20.4 Å². The fourth-order valence-corrected chi connectivity index (χ4v) is 1.80. The standard InChI is InChI=1S/C14H14FN3O3/c1-3-11-12(8(2)21-18-11)14(20)17-16-13(19)9-4-6-10(15)7-5-9/h4-7H,3H2,1-2H3,(H,16,19)(H,17,20). The molecule has 21 heavy (non-hydrogen) atoms. The molecule has 0 unspecified atom stereocenters. The molecular weight excluding hydrogens is 277 g/mol. The number of hydrogen-bond acceptors (Lipinski definition) is 4. The molecule has 0 spiro atoms. The van der Waals surface area contributed by atoms with Gasteiger partial charge in [0.2, 0.25) is 0 Å². The Balaban J connectivity index is 2.02. The Morgan fingerprint density at radius 3 is 2.43 bits per heavy atom. The zero-order valence-corrected chi connectivity index (χ0v) is 11.6. The molecule has 2 N–H and O–H groups in total. The summed E-state index contributed by atoms with van der Waals surface area (Å²) in [7, 11) is 0. The number of halogens is 1. The lowest BCUT2D eigenvalue weighted by molar-refractivity contribution is 0.0845. The van der Waals surface area contributed by atoms with E-state index in [-0.39, 0.29) is 5.56 Å². The van der Waals surface area contributed by atoms with Gasteiger partial charge < -0.3 is 4.52 Å². The van der Waals surface area contributed by atoms with E-state index < -0.39 is 17.6 Å². The molecule has 0 fully saturated rings. The third-order valence-corrected chi connectivity index (χ3v) is 2.89. The van der Waals surface area contributed by atoms with Gasteiger partial charge in [0.25, 0.3) is 11.8 Å². The van der Waals surface area contributed by atoms with Crippen molar-refractivity contribution in [2.24, 2.45) is 0 Å². The number of amides is 2. The highest BCUT2D eigenvalue weighted by molar-refractivity contribution is 6.00. The number of benzene rings is 1. The van der Waals surface area contributed by atoms with Crippen LogP contribution in [0.4, 0.5) is 4.39 Å². The Morgan fingerprint density at radius 2 is 1.81 bits per heavy atom. The normalized spacial score (nSPS) is 10.2. The number of carbonyl (C=O) groups excluding carboxylic acids is 2. The molecule has 0 aliphatic rings. The van der Waals surface area contributed by atoms with Gasteiger partial charge in [-0.15, -0.1) is 0 Å². The number of rotatable bonds is 3. The summed E-state index contributed by atoms with van der Waals surface area (Å²) in [5.74, 6) is -1.12. The lowest BCUT2D eigenvalue weighted by atomic mass is 10.1. The van der Waals surface area contributed by atoms with E-state index in [0.29, 0.717) is 23.4 Å². The monoisotopic (exact) mass is 291 g/mol. The van der Waals surface area contributed by atoms with Crippen molar-refractivity contribution in [3.63, 3.8) is 0 Å². The summed E-state index contributed by atoms with van der Waals surface area (Å²) in [6.07, 6.45) is 0.534. The second-order valence-corrected chi connectivity index (χ2v) is 4.33. The minimum Gasteiger partial charge on any atom is -0.361 e. The molecule has 110 valence electrons. The van der Waals surface area contributed by atoms with Crippen LogP contribution in [0.5, 0.6) is 0 Å². The van der Waals surface area contributed by atoms with E-state index in [1.165, 1.54) is 12.1 Å². The van der Waals surface area contributed by atoms with Crippen molar-refractivity contribution in [2.45, 2.75) is 20.3 Å². The molecule has 0 aliphatic carbocycles. The predicted octanol–water partition coefficient (Wildman–Crippen LogP) is 1.76. The number of nitrogens with one attached hydrogen (secondary N) is 2. The smallest absolute Gasteiger partial charge is 0.275 e. The largest absolute Gasteiger partial charge is 0.361 e. The van der Waals surface area contributed by atoms with E-state index in [9.17, 15) is 14.0 Å². The van der Waals surface area contributed by atoms with Crippen LogP contribution in [0.25, 0.3) is 0 Å². The maximum absolute atomic E-state index is 12.8. The van der Waals surface area contributed by atoms with Gasteiger partial charge in [0.1, 0.15) is 17.1 Å². The molecule has 2 aromatic rings. The van der Waals surface area contributed by atoms with E-state index in [0.717, 1.165) is 12.1 Å². The summed E-state index contributed by atoms with van der Waals surface area (Å²) in [6, 6.07) is 4.96. The first kappa shape index (κ1) is 14.7. The Morgan fingerprint density at radius 1 is 1.19 bits per heavy atom.